The molecular weight excluding hydrogens is 424 g/mol. The summed E-state index contributed by atoms with van der Waals surface area (Å²) in [4.78, 5) is 12.7. The van der Waals surface area contributed by atoms with E-state index in [-0.39, 0.29) is 10.9 Å². The van der Waals surface area contributed by atoms with Gasteiger partial charge >= 0.3 is 0 Å². The van der Waals surface area contributed by atoms with Crippen LogP contribution < -0.4 is 15.4 Å². The Morgan fingerprint density at radius 2 is 2.09 bits per heavy atom. The number of unbranched alkanes of at least 4 members (excludes halogenated alkanes) is 2. The quantitative estimate of drug-likeness (QED) is 0.339. The zero-order chi connectivity index (χ0) is 22.3. The Kier molecular flexibility index (Phi) is 7.26. The number of allylic oxidation sites excluding steroid dienone is 4. The van der Waals surface area contributed by atoms with Crippen LogP contribution in [0.5, 0.6) is 5.75 Å². The number of ether oxygens (including phenoxy) is 1. The third-order valence-electron chi connectivity index (χ3n) is 5.55. The van der Waals surface area contributed by atoms with Gasteiger partial charge in [0.25, 0.3) is 5.91 Å². The molecule has 9 heteroatoms. The maximum absolute atomic E-state index is 12.7. The number of thiocarbonyl (C=S) groups is 1. The third kappa shape index (κ3) is 6.00. The lowest BCUT2D eigenvalue weighted by molar-refractivity contribution is 0.0962. The van der Waals surface area contributed by atoms with Crippen molar-refractivity contribution in [3.63, 3.8) is 0 Å². The molecule has 1 aromatic carbocycles. The van der Waals surface area contributed by atoms with Crippen molar-refractivity contribution in [3.8, 4) is 5.75 Å². The number of aromatic nitrogens is 4. The number of benzene rings is 1. The van der Waals surface area contributed by atoms with Gasteiger partial charge in [0.15, 0.2) is 5.11 Å². The molecule has 1 fully saturated rings. The van der Waals surface area contributed by atoms with Crippen LogP contribution in [0.2, 0.25) is 0 Å². The standard InChI is InChI=1S/C23H28N6O2S/c1-2-3-4-12-31-20-10-8-19(9-11-20)24-23(32)25-22(30)21-26-27-28-29(21)15-16-6-5-7-17-14-18(17)13-16/h5,7-11,13,17-18H,2-4,6,12,14-15H2,1H3,(H2,24,25,30,32). The molecule has 168 valence electrons. The molecular formula is C23H28N6O2S. The SMILES string of the molecule is CCCCCOc1ccc(NC(=S)NC(=O)c2nnnn2CC2=CC3CC3C=CC2)cc1. The number of rotatable bonds is 9. The first-order valence-corrected chi connectivity index (χ1v) is 11.5. The minimum atomic E-state index is -0.447. The fourth-order valence-corrected chi connectivity index (χ4v) is 3.91. The number of carbonyl (C=O) groups is 1. The number of carbonyl (C=O) groups excluding carboxylic acids is 1. The number of amides is 1. The molecule has 0 radical (unpaired) electrons. The maximum atomic E-state index is 12.7. The molecule has 4 rings (SSSR count). The average molecular weight is 453 g/mol. The van der Waals surface area contributed by atoms with Crippen LogP contribution in [0.3, 0.4) is 0 Å². The molecule has 1 aromatic heterocycles. The molecule has 2 aromatic rings. The fourth-order valence-electron chi connectivity index (χ4n) is 3.69. The highest BCUT2D eigenvalue weighted by molar-refractivity contribution is 7.80. The monoisotopic (exact) mass is 452 g/mol. The minimum absolute atomic E-state index is 0.131. The fraction of sp³-hybridized carbons (Fsp3) is 0.435. The van der Waals surface area contributed by atoms with Gasteiger partial charge in [0.05, 0.1) is 13.2 Å². The predicted molar refractivity (Wildman–Crippen MR) is 126 cm³/mol. The van der Waals surface area contributed by atoms with E-state index in [1.807, 2.05) is 24.3 Å². The normalized spacial score (nSPS) is 18.8. The van der Waals surface area contributed by atoms with Crippen LogP contribution in [0.4, 0.5) is 5.69 Å². The molecule has 0 bridgehead atoms. The summed E-state index contributed by atoms with van der Waals surface area (Å²) in [5.41, 5.74) is 1.97. The average Bonchev–Trinajstić information content (AvgIpc) is 3.38. The van der Waals surface area contributed by atoms with E-state index in [1.54, 1.807) is 0 Å². The summed E-state index contributed by atoms with van der Waals surface area (Å²) in [5.74, 6) is 1.78. The Morgan fingerprint density at radius 1 is 1.25 bits per heavy atom. The molecule has 32 heavy (non-hydrogen) atoms. The van der Waals surface area contributed by atoms with E-state index >= 15 is 0 Å². The van der Waals surface area contributed by atoms with Gasteiger partial charge in [-0.1, -0.05) is 38.0 Å². The van der Waals surface area contributed by atoms with E-state index < -0.39 is 5.91 Å². The van der Waals surface area contributed by atoms with E-state index in [4.69, 9.17) is 17.0 Å². The van der Waals surface area contributed by atoms with Crippen LogP contribution in [-0.4, -0.2) is 37.8 Å². The van der Waals surface area contributed by atoms with Crippen LogP contribution in [0.25, 0.3) is 0 Å². The predicted octanol–water partition coefficient (Wildman–Crippen LogP) is 3.89. The number of hydrogen-bond donors (Lipinski definition) is 2. The van der Waals surface area contributed by atoms with Crippen molar-refractivity contribution in [1.29, 1.82) is 0 Å². The molecule has 1 amide bonds. The highest BCUT2D eigenvalue weighted by atomic mass is 32.1. The number of hydrogen-bond acceptors (Lipinski definition) is 6. The van der Waals surface area contributed by atoms with Crippen LogP contribution in [0.15, 0.2) is 48.1 Å². The lowest BCUT2D eigenvalue weighted by Crippen LogP contribution is -2.36. The summed E-state index contributed by atoms with van der Waals surface area (Å²) in [6, 6.07) is 7.46. The molecule has 8 nitrogen and oxygen atoms in total. The molecule has 0 spiro atoms. The van der Waals surface area contributed by atoms with E-state index in [0.29, 0.717) is 25.0 Å². The largest absolute Gasteiger partial charge is 0.494 e. The van der Waals surface area contributed by atoms with Crippen molar-refractivity contribution in [3.05, 3.63) is 53.9 Å². The Morgan fingerprint density at radius 3 is 2.91 bits per heavy atom. The lowest BCUT2D eigenvalue weighted by Gasteiger charge is -2.11. The van der Waals surface area contributed by atoms with E-state index in [1.165, 1.54) is 16.7 Å². The summed E-state index contributed by atoms with van der Waals surface area (Å²) in [6.07, 6.45) is 12.2. The van der Waals surface area contributed by atoms with Crippen LogP contribution in [-0.2, 0) is 6.54 Å². The number of anilines is 1. The number of tetrazole rings is 1. The highest BCUT2D eigenvalue weighted by Gasteiger charge is 2.34. The molecule has 2 N–H and O–H groups in total. The third-order valence-corrected chi connectivity index (χ3v) is 5.75. The molecule has 2 aliphatic carbocycles. The lowest BCUT2D eigenvalue weighted by atomic mass is 10.1. The molecule has 0 aliphatic heterocycles. The van der Waals surface area contributed by atoms with Gasteiger partial charge in [-0.05, 0) is 83.6 Å². The molecule has 2 aliphatic rings. The van der Waals surface area contributed by atoms with Gasteiger partial charge in [0.2, 0.25) is 5.82 Å². The van der Waals surface area contributed by atoms with Crippen molar-refractivity contribution in [2.45, 2.75) is 45.6 Å². The summed E-state index contributed by atoms with van der Waals surface area (Å²) >= 11 is 5.29. The second-order valence-electron chi connectivity index (χ2n) is 8.17. The van der Waals surface area contributed by atoms with Gasteiger partial charge in [-0.2, -0.15) is 0 Å². The van der Waals surface area contributed by atoms with Gasteiger partial charge in [0, 0.05) is 5.69 Å². The Labute approximate surface area is 193 Å². The summed E-state index contributed by atoms with van der Waals surface area (Å²) in [5, 5.41) is 17.4. The molecule has 0 saturated heterocycles. The number of fused-ring (bicyclic) bond motifs is 1. The van der Waals surface area contributed by atoms with Gasteiger partial charge in [-0.25, -0.2) is 4.68 Å². The zero-order valence-corrected chi connectivity index (χ0v) is 19.0. The molecule has 1 saturated carbocycles. The first-order chi connectivity index (χ1) is 15.6. The highest BCUT2D eigenvalue weighted by Crippen LogP contribution is 2.43. The minimum Gasteiger partial charge on any atom is -0.494 e. The summed E-state index contributed by atoms with van der Waals surface area (Å²) < 4.78 is 7.23. The van der Waals surface area contributed by atoms with E-state index in [9.17, 15) is 4.79 Å². The topological polar surface area (TPSA) is 94.0 Å². The van der Waals surface area contributed by atoms with Crippen molar-refractivity contribution >= 4 is 28.9 Å². The van der Waals surface area contributed by atoms with Gasteiger partial charge in [-0.15, -0.1) is 5.10 Å². The van der Waals surface area contributed by atoms with Crippen molar-refractivity contribution in [2.24, 2.45) is 11.8 Å². The van der Waals surface area contributed by atoms with Crippen LogP contribution >= 0.6 is 12.2 Å². The van der Waals surface area contributed by atoms with Crippen molar-refractivity contribution in [2.75, 3.05) is 11.9 Å². The van der Waals surface area contributed by atoms with Crippen molar-refractivity contribution in [1.82, 2.24) is 25.5 Å². The Balaban J connectivity index is 1.28. The van der Waals surface area contributed by atoms with Crippen molar-refractivity contribution < 1.29 is 9.53 Å². The number of nitrogens with zero attached hydrogens (tertiary/aromatic N) is 4. The molecule has 2 unspecified atom stereocenters. The maximum Gasteiger partial charge on any atom is 0.296 e. The van der Waals surface area contributed by atoms with Crippen LogP contribution in [0.1, 0.15) is 49.6 Å². The molecule has 2 atom stereocenters. The first-order valence-electron chi connectivity index (χ1n) is 11.1. The van der Waals surface area contributed by atoms with Crippen LogP contribution in [0, 0.1) is 11.8 Å². The van der Waals surface area contributed by atoms with E-state index in [0.717, 1.165) is 37.1 Å². The Bertz CT molecular complexity index is 1010. The van der Waals surface area contributed by atoms with E-state index in [2.05, 4.69) is 51.3 Å². The first kappa shape index (κ1) is 22.1. The number of nitrogens with one attached hydrogen (secondary N) is 2. The Hall–Kier alpha value is -3.07. The smallest absolute Gasteiger partial charge is 0.296 e. The van der Waals surface area contributed by atoms with Gasteiger partial charge in [-0.3, -0.25) is 10.1 Å². The van der Waals surface area contributed by atoms with Gasteiger partial charge in [0.1, 0.15) is 5.75 Å². The second kappa shape index (κ2) is 10.5. The summed E-state index contributed by atoms with van der Waals surface area (Å²) in [6.45, 7) is 3.36. The zero-order valence-electron chi connectivity index (χ0n) is 18.2. The second-order valence-corrected chi connectivity index (χ2v) is 8.58. The molecule has 1 heterocycles. The summed E-state index contributed by atoms with van der Waals surface area (Å²) in [7, 11) is 0. The van der Waals surface area contributed by atoms with Gasteiger partial charge < -0.3 is 10.1 Å².